The van der Waals surface area contributed by atoms with Crippen molar-refractivity contribution in [3.05, 3.63) is 115 Å². The Labute approximate surface area is 294 Å². The Morgan fingerprint density at radius 1 is 0.615 bits per heavy atom. The van der Waals surface area contributed by atoms with Gasteiger partial charge in [-0.3, -0.25) is 33.9 Å². The number of nitrogens with one attached hydrogen (secondary N) is 1. The molecule has 52 heavy (non-hydrogen) atoms. The summed E-state index contributed by atoms with van der Waals surface area (Å²) in [6.07, 6.45) is 4.06. The van der Waals surface area contributed by atoms with E-state index in [1.54, 1.807) is 0 Å². The highest BCUT2D eigenvalue weighted by molar-refractivity contribution is 7.92. The highest BCUT2D eigenvalue weighted by Crippen LogP contribution is 2.29. The molecule has 0 radical (unpaired) electrons. The molecule has 0 amide bonds. The van der Waals surface area contributed by atoms with Gasteiger partial charge in [0.2, 0.25) is 21.1 Å². The van der Waals surface area contributed by atoms with Gasteiger partial charge in [-0.15, -0.1) is 0 Å². The predicted octanol–water partition coefficient (Wildman–Crippen LogP) is 3.54. The van der Waals surface area contributed by atoms with E-state index in [0.29, 0.717) is 12.1 Å². The lowest BCUT2D eigenvalue weighted by Crippen LogP contribution is -2.57. The van der Waals surface area contributed by atoms with E-state index in [1.807, 2.05) is 0 Å². The van der Waals surface area contributed by atoms with E-state index < -0.39 is 81.7 Å². The second-order valence-corrected chi connectivity index (χ2v) is 15.8. The van der Waals surface area contributed by atoms with Gasteiger partial charge in [-0.2, -0.15) is 29.8 Å². The minimum atomic E-state index is -4.98. The molecule has 4 rings (SSSR count). The highest BCUT2D eigenvalue weighted by atomic mass is 32.3. The third kappa shape index (κ3) is 9.66. The highest BCUT2D eigenvalue weighted by Gasteiger charge is 2.24. The molecule has 0 saturated heterocycles. The molecule has 0 spiro atoms. The van der Waals surface area contributed by atoms with Crippen LogP contribution in [0.1, 0.15) is 22.3 Å². The van der Waals surface area contributed by atoms with E-state index >= 15 is 0 Å². The number of nitro groups is 2. The van der Waals surface area contributed by atoms with Gasteiger partial charge in [-0.25, -0.2) is 0 Å². The van der Waals surface area contributed by atoms with Crippen LogP contribution in [-0.2, 0) is 45.1 Å². The van der Waals surface area contributed by atoms with Gasteiger partial charge in [0, 0.05) is 35.9 Å². The van der Waals surface area contributed by atoms with Crippen LogP contribution in [0.15, 0.2) is 97.5 Å². The summed E-state index contributed by atoms with van der Waals surface area (Å²) >= 11 is 0. The van der Waals surface area contributed by atoms with Crippen molar-refractivity contribution in [1.29, 1.82) is 0 Å². The summed E-state index contributed by atoms with van der Waals surface area (Å²) in [6, 6.07) is 11.4. The summed E-state index contributed by atoms with van der Waals surface area (Å²) in [5.74, 6) is 0. The second kappa shape index (κ2) is 14.7. The lowest BCUT2D eigenvalue weighted by Gasteiger charge is -2.08. The Morgan fingerprint density at radius 3 is 1.40 bits per heavy atom. The van der Waals surface area contributed by atoms with E-state index in [4.69, 9.17) is 0 Å². The molecule has 0 heterocycles. The Kier molecular flexibility index (Phi) is 11.1. The molecule has 272 valence electrons. The molecule has 0 bridgehead atoms. The van der Waals surface area contributed by atoms with Gasteiger partial charge in [-0.05, 0) is 58.2 Å². The fourth-order valence-corrected chi connectivity index (χ4v) is 7.22. The molecule has 0 aliphatic heterocycles. The largest absolute Gasteiger partial charge is 0.582 e. The topological polar surface area (TPSA) is 336 Å². The van der Waals surface area contributed by atoms with Crippen molar-refractivity contribution in [1.82, 2.24) is 0 Å². The van der Waals surface area contributed by atoms with Crippen LogP contribution in [0.25, 0.3) is 24.3 Å². The van der Waals surface area contributed by atoms with Crippen LogP contribution in [0.5, 0.6) is 0 Å². The zero-order valence-corrected chi connectivity index (χ0v) is 28.7. The third-order valence-electron chi connectivity index (χ3n) is 6.74. The molecule has 24 heteroatoms. The molecule has 20 nitrogen and oxygen atoms in total. The molecule has 4 aromatic carbocycles. The van der Waals surface area contributed by atoms with Gasteiger partial charge in [0.25, 0.3) is 41.7 Å². The molecular weight excluding hydrogens is 777 g/mol. The first-order chi connectivity index (χ1) is 23.9. The Bertz CT molecular complexity index is 2620. The van der Waals surface area contributed by atoms with Crippen LogP contribution in [-0.4, -0.2) is 57.9 Å². The van der Waals surface area contributed by atoms with Crippen molar-refractivity contribution in [3.63, 3.8) is 0 Å². The van der Waals surface area contributed by atoms with Crippen molar-refractivity contribution >= 4 is 87.9 Å². The van der Waals surface area contributed by atoms with E-state index in [0.717, 1.165) is 72.8 Å². The first-order valence-electron chi connectivity index (χ1n) is 13.5. The fourth-order valence-electron chi connectivity index (χ4n) is 4.40. The van der Waals surface area contributed by atoms with Crippen molar-refractivity contribution < 1.29 is 67.2 Å². The number of benzene rings is 4. The van der Waals surface area contributed by atoms with Crippen molar-refractivity contribution in [3.8, 4) is 0 Å². The summed E-state index contributed by atoms with van der Waals surface area (Å²) in [5.41, 5.74) is -2.59. The average molecular weight is 798 g/mol. The lowest BCUT2D eigenvalue weighted by molar-refractivity contribution is -0.433. The number of rotatable bonds is 12. The van der Waals surface area contributed by atoms with Crippen LogP contribution >= 0.6 is 0 Å². The summed E-state index contributed by atoms with van der Waals surface area (Å²) in [7, 11) is -19.9. The standard InChI is InChI=1S/C28H20N4O16S4/c33-31(34)23-11-7-19(27(15-23)51(43,44)45)3-1-17-5-9-21(13-25(17)49(37,38)39)29-30-22-10-6-18(26(14-22)50(40,41)42)2-4-20-8-12-24(32(35)36)16-28(20)52(46,47)48/h1-16H,(H4-,37,38,39,40,41,42,43,44,45,46,47,48)/p+1/b3-1+,4-2+,30-29?. The zero-order valence-electron chi connectivity index (χ0n) is 25.4. The summed E-state index contributed by atoms with van der Waals surface area (Å²) in [4.78, 5) is 17.1. The van der Waals surface area contributed by atoms with Gasteiger partial charge in [-0.1, -0.05) is 33.6 Å². The number of azo groups is 1. The molecule has 1 atom stereocenters. The Morgan fingerprint density at radius 2 is 1.00 bits per heavy atom. The van der Waals surface area contributed by atoms with Gasteiger partial charge in [0.05, 0.1) is 15.9 Å². The minimum absolute atomic E-state index is 0.105. The smallest absolute Gasteiger partial charge is 0.295 e. The molecule has 0 saturated carbocycles. The van der Waals surface area contributed by atoms with Crippen LogP contribution in [0.3, 0.4) is 0 Å². The van der Waals surface area contributed by atoms with E-state index in [2.05, 4.69) is 10.2 Å². The fraction of sp³-hybridized carbons (Fsp3) is 0. The first-order valence-corrected chi connectivity index (χ1v) is 19.3. The SMILES string of the molecule is O=[N+]([O-])c1ccc(/C=C/c2ccc(N=[NH+]c3ccc(/C=C/c4ccc([N+](=O)[O-])cc4S(=O)(=O)O)c([S+](=O)([O-])O)c3)cc2S(=O)(=O)O)c(S(=O)(=O)O)c1. The molecule has 0 fully saturated rings. The molecule has 5 N–H and O–H groups in total. The maximum atomic E-state index is 12.2. The van der Waals surface area contributed by atoms with Crippen LogP contribution in [0.2, 0.25) is 0 Å². The molecule has 0 aromatic heterocycles. The first kappa shape index (κ1) is 39.3. The number of hydrogen-bond donors (Lipinski definition) is 5. The monoisotopic (exact) mass is 797 g/mol. The Hall–Kier alpha value is -5.44. The maximum Gasteiger partial charge on any atom is 0.295 e. The van der Waals surface area contributed by atoms with Gasteiger partial charge < -0.3 is 4.55 Å². The van der Waals surface area contributed by atoms with Crippen LogP contribution < -0.4 is 5.11 Å². The zero-order chi connectivity index (χ0) is 38.8. The predicted molar refractivity (Wildman–Crippen MR) is 179 cm³/mol. The summed E-state index contributed by atoms with van der Waals surface area (Å²) < 4.78 is 135. The van der Waals surface area contributed by atoms with Gasteiger partial charge in [0.1, 0.15) is 20.4 Å². The van der Waals surface area contributed by atoms with E-state index in [1.165, 1.54) is 12.1 Å². The van der Waals surface area contributed by atoms with E-state index in [-0.39, 0.29) is 33.6 Å². The van der Waals surface area contributed by atoms with Crippen molar-refractivity contribution in [2.24, 2.45) is 5.11 Å². The lowest BCUT2D eigenvalue weighted by atomic mass is 10.1. The average Bonchev–Trinajstić information content (AvgIpc) is 3.03. The van der Waals surface area contributed by atoms with Crippen LogP contribution in [0, 0.1) is 20.2 Å². The van der Waals surface area contributed by atoms with Gasteiger partial charge >= 0.3 is 0 Å². The number of nitrogens with zero attached hydrogens (tertiary/aromatic N) is 3. The molecule has 4 aromatic rings. The third-order valence-corrected chi connectivity index (χ3v) is 10.4. The minimum Gasteiger partial charge on any atom is -0.582 e. The summed E-state index contributed by atoms with van der Waals surface area (Å²) in [6.45, 7) is 0. The van der Waals surface area contributed by atoms with Crippen molar-refractivity contribution in [2.45, 2.75) is 19.6 Å². The molecule has 0 aliphatic carbocycles. The normalized spacial score (nSPS) is 13.9. The Balaban J connectivity index is 1.70. The summed E-state index contributed by atoms with van der Waals surface area (Å²) in [5, 5.41) is 28.4. The van der Waals surface area contributed by atoms with Crippen molar-refractivity contribution in [2.75, 3.05) is 0 Å². The molecule has 0 aliphatic rings. The number of nitro benzene ring substituents is 2. The molecular formula is C28H21N4O16S4+. The molecule has 1 unspecified atom stereocenters. The number of hydrogen-bond acceptors (Lipinski definition) is 13. The van der Waals surface area contributed by atoms with E-state index in [9.17, 15) is 72.5 Å². The maximum absolute atomic E-state index is 12.2. The van der Waals surface area contributed by atoms with Gasteiger partial charge in [0.15, 0.2) is 0 Å². The quantitative estimate of drug-likeness (QED) is 0.0342. The number of non-ortho nitro benzene ring substituents is 2. The van der Waals surface area contributed by atoms with Crippen LogP contribution in [0.4, 0.5) is 22.7 Å². The second-order valence-electron chi connectivity index (χ2n) is 10.2.